The molecule has 0 saturated carbocycles. The minimum absolute atomic E-state index is 0.573. The minimum atomic E-state index is 0.573. The van der Waals surface area contributed by atoms with E-state index in [0.717, 1.165) is 17.8 Å². The summed E-state index contributed by atoms with van der Waals surface area (Å²) in [5.74, 6) is 0. The van der Waals surface area contributed by atoms with Crippen LogP contribution in [0.1, 0.15) is 5.69 Å². The van der Waals surface area contributed by atoms with Crippen LogP contribution in [0.15, 0.2) is 30.7 Å². The molecule has 0 atom stereocenters. The number of nitrogens with zero attached hydrogens (tertiary/aromatic N) is 2. The van der Waals surface area contributed by atoms with Gasteiger partial charge in [-0.15, -0.1) is 0 Å². The summed E-state index contributed by atoms with van der Waals surface area (Å²) in [6, 6.07) is 5.34. The highest BCUT2D eigenvalue weighted by atomic mass is 35.5. The second-order valence-corrected chi connectivity index (χ2v) is 4.23. The fourth-order valence-corrected chi connectivity index (χ4v) is 1.92. The van der Waals surface area contributed by atoms with Crippen molar-refractivity contribution in [1.29, 1.82) is 0 Å². The van der Waals surface area contributed by atoms with E-state index < -0.39 is 0 Å². The molecule has 2 N–H and O–H groups in total. The zero-order valence-electron chi connectivity index (χ0n) is 8.53. The molecule has 1 heterocycles. The van der Waals surface area contributed by atoms with E-state index in [9.17, 15) is 0 Å². The molecule has 3 nitrogen and oxygen atoms in total. The second-order valence-electron chi connectivity index (χ2n) is 3.39. The molecule has 0 unspecified atom stereocenters. The fraction of sp³-hybridized carbons (Fsp3) is 0.182. The highest BCUT2D eigenvalue weighted by molar-refractivity contribution is 6.34. The molecular weight excluding hydrogens is 245 g/mol. The van der Waals surface area contributed by atoms with Crippen LogP contribution < -0.4 is 5.73 Å². The smallest absolute Gasteiger partial charge is 0.0994 e. The average molecular weight is 256 g/mol. The molecule has 0 aliphatic rings. The van der Waals surface area contributed by atoms with Crippen molar-refractivity contribution in [3.8, 4) is 5.69 Å². The summed E-state index contributed by atoms with van der Waals surface area (Å²) in [4.78, 5) is 4.09. The Morgan fingerprint density at radius 2 is 2.12 bits per heavy atom. The number of halogens is 2. The minimum Gasteiger partial charge on any atom is -0.330 e. The van der Waals surface area contributed by atoms with Gasteiger partial charge < -0.3 is 10.3 Å². The Bertz CT molecular complexity index is 494. The van der Waals surface area contributed by atoms with Crippen molar-refractivity contribution < 1.29 is 0 Å². The maximum atomic E-state index is 6.12. The first-order valence-electron chi connectivity index (χ1n) is 4.89. The third-order valence-corrected chi connectivity index (χ3v) is 2.84. The van der Waals surface area contributed by atoms with Crippen LogP contribution in [-0.4, -0.2) is 16.1 Å². The van der Waals surface area contributed by atoms with Crippen LogP contribution in [0.2, 0.25) is 10.0 Å². The number of benzene rings is 1. The molecule has 0 radical (unpaired) electrons. The summed E-state index contributed by atoms with van der Waals surface area (Å²) >= 11 is 12.1. The monoisotopic (exact) mass is 255 g/mol. The molecule has 0 aliphatic heterocycles. The lowest BCUT2D eigenvalue weighted by Gasteiger charge is -2.09. The van der Waals surface area contributed by atoms with Gasteiger partial charge in [0.1, 0.15) is 0 Å². The van der Waals surface area contributed by atoms with E-state index in [0.29, 0.717) is 16.6 Å². The van der Waals surface area contributed by atoms with Crippen LogP contribution in [0.3, 0.4) is 0 Å². The van der Waals surface area contributed by atoms with Crippen LogP contribution in [0.5, 0.6) is 0 Å². The fourth-order valence-electron chi connectivity index (χ4n) is 1.54. The first-order valence-corrected chi connectivity index (χ1v) is 5.64. The Morgan fingerprint density at radius 3 is 2.88 bits per heavy atom. The van der Waals surface area contributed by atoms with Crippen molar-refractivity contribution >= 4 is 23.2 Å². The van der Waals surface area contributed by atoms with Gasteiger partial charge in [0.05, 0.1) is 17.0 Å². The van der Waals surface area contributed by atoms with Gasteiger partial charge in [0.25, 0.3) is 0 Å². The third kappa shape index (κ3) is 2.21. The largest absolute Gasteiger partial charge is 0.330 e. The first-order chi connectivity index (χ1) is 7.72. The van der Waals surface area contributed by atoms with Gasteiger partial charge in [-0.25, -0.2) is 4.98 Å². The highest BCUT2D eigenvalue weighted by Gasteiger charge is 2.07. The molecule has 0 saturated heterocycles. The molecule has 0 spiro atoms. The quantitative estimate of drug-likeness (QED) is 0.917. The van der Waals surface area contributed by atoms with Crippen molar-refractivity contribution in [2.24, 2.45) is 5.73 Å². The maximum absolute atomic E-state index is 6.12. The van der Waals surface area contributed by atoms with E-state index in [1.54, 1.807) is 24.7 Å². The molecule has 1 aromatic carbocycles. The molecule has 16 heavy (non-hydrogen) atoms. The Labute approximate surface area is 104 Å². The Morgan fingerprint density at radius 1 is 1.31 bits per heavy atom. The molecule has 2 aromatic rings. The Kier molecular flexibility index (Phi) is 3.49. The van der Waals surface area contributed by atoms with Crippen molar-refractivity contribution in [3.05, 3.63) is 46.5 Å². The number of nitrogens with two attached hydrogens (primary N) is 1. The van der Waals surface area contributed by atoms with E-state index in [-0.39, 0.29) is 0 Å². The number of imidazole rings is 1. The van der Waals surface area contributed by atoms with Gasteiger partial charge in [0.2, 0.25) is 0 Å². The van der Waals surface area contributed by atoms with Crippen molar-refractivity contribution in [2.75, 3.05) is 6.54 Å². The lowest BCUT2D eigenvalue weighted by atomic mass is 10.2. The van der Waals surface area contributed by atoms with Crippen LogP contribution >= 0.6 is 23.2 Å². The topological polar surface area (TPSA) is 43.8 Å². The summed E-state index contributed by atoms with van der Waals surface area (Å²) in [7, 11) is 0. The molecule has 5 heteroatoms. The van der Waals surface area contributed by atoms with Gasteiger partial charge in [0, 0.05) is 23.3 Å². The van der Waals surface area contributed by atoms with E-state index in [2.05, 4.69) is 4.98 Å². The SMILES string of the molecule is NCCc1cncn1-c1cc(Cl)ccc1Cl. The van der Waals surface area contributed by atoms with E-state index in [1.165, 1.54) is 0 Å². The number of rotatable bonds is 3. The van der Waals surface area contributed by atoms with Gasteiger partial charge >= 0.3 is 0 Å². The molecule has 0 fully saturated rings. The summed E-state index contributed by atoms with van der Waals surface area (Å²) < 4.78 is 1.90. The van der Waals surface area contributed by atoms with Crippen LogP contribution in [0.4, 0.5) is 0 Å². The Hall–Kier alpha value is -1.03. The van der Waals surface area contributed by atoms with Gasteiger partial charge in [-0.3, -0.25) is 0 Å². The molecule has 0 amide bonds. The summed E-state index contributed by atoms with van der Waals surface area (Å²) in [5.41, 5.74) is 7.38. The van der Waals surface area contributed by atoms with Gasteiger partial charge in [0.15, 0.2) is 0 Å². The number of aromatic nitrogens is 2. The van der Waals surface area contributed by atoms with Crippen molar-refractivity contribution in [2.45, 2.75) is 6.42 Å². The maximum Gasteiger partial charge on any atom is 0.0994 e. The molecule has 2 rings (SSSR count). The summed E-state index contributed by atoms with van der Waals surface area (Å²) in [5, 5.41) is 1.28. The second kappa shape index (κ2) is 4.87. The van der Waals surface area contributed by atoms with Crippen LogP contribution in [0.25, 0.3) is 5.69 Å². The average Bonchev–Trinajstić information content (AvgIpc) is 2.70. The van der Waals surface area contributed by atoms with E-state index >= 15 is 0 Å². The standard InChI is InChI=1S/C11H11Cl2N3/c12-8-1-2-10(13)11(5-8)16-7-15-6-9(16)3-4-14/h1-2,5-7H,3-4,14H2. The lowest BCUT2D eigenvalue weighted by molar-refractivity contribution is 0.874. The van der Waals surface area contributed by atoms with E-state index in [4.69, 9.17) is 28.9 Å². The summed E-state index contributed by atoms with van der Waals surface area (Å²) in [6.45, 7) is 0.573. The number of hydrogen-bond donors (Lipinski definition) is 1. The molecule has 84 valence electrons. The van der Waals surface area contributed by atoms with Crippen LogP contribution in [-0.2, 0) is 6.42 Å². The molecule has 0 aliphatic carbocycles. The molecule has 0 bridgehead atoms. The number of hydrogen-bond acceptors (Lipinski definition) is 2. The van der Waals surface area contributed by atoms with Crippen molar-refractivity contribution in [1.82, 2.24) is 9.55 Å². The highest BCUT2D eigenvalue weighted by Crippen LogP contribution is 2.25. The van der Waals surface area contributed by atoms with Gasteiger partial charge in [-0.05, 0) is 24.7 Å². The zero-order chi connectivity index (χ0) is 11.5. The molecule has 1 aromatic heterocycles. The third-order valence-electron chi connectivity index (χ3n) is 2.28. The van der Waals surface area contributed by atoms with E-state index in [1.807, 2.05) is 10.6 Å². The molecular formula is C11H11Cl2N3. The summed E-state index contributed by atoms with van der Waals surface area (Å²) in [6.07, 6.45) is 4.25. The predicted octanol–water partition coefficient (Wildman–Crippen LogP) is 2.68. The van der Waals surface area contributed by atoms with Crippen LogP contribution in [0, 0.1) is 0 Å². The zero-order valence-corrected chi connectivity index (χ0v) is 10.0. The van der Waals surface area contributed by atoms with Gasteiger partial charge in [-0.1, -0.05) is 23.2 Å². The van der Waals surface area contributed by atoms with Crippen molar-refractivity contribution in [3.63, 3.8) is 0 Å². The lowest BCUT2D eigenvalue weighted by Crippen LogP contribution is -2.07. The Balaban J connectivity index is 2.49. The van der Waals surface area contributed by atoms with Gasteiger partial charge in [-0.2, -0.15) is 0 Å². The predicted molar refractivity (Wildman–Crippen MR) is 66.3 cm³/mol. The first kappa shape index (κ1) is 11.5. The normalized spacial score (nSPS) is 10.7.